The van der Waals surface area contributed by atoms with Gasteiger partial charge >= 0.3 is 0 Å². The van der Waals surface area contributed by atoms with Crippen LogP contribution < -0.4 is 10.2 Å². The van der Waals surface area contributed by atoms with Gasteiger partial charge in [0.15, 0.2) is 0 Å². The van der Waals surface area contributed by atoms with Crippen molar-refractivity contribution in [2.24, 2.45) is 0 Å². The molecule has 9 heteroatoms. The van der Waals surface area contributed by atoms with Gasteiger partial charge in [0.1, 0.15) is 13.2 Å². The van der Waals surface area contributed by atoms with E-state index in [4.69, 9.17) is 9.05 Å². The molecular formula is C82H157N2O6P. The van der Waals surface area contributed by atoms with Gasteiger partial charge in [-0.25, -0.2) is 0 Å². The number of aliphatic hydroxyl groups excluding tert-OH is 1. The summed E-state index contributed by atoms with van der Waals surface area (Å²) in [5.41, 5.74) is 0. The van der Waals surface area contributed by atoms with Crippen LogP contribution in [-0.4, -0.2) is 68.5 Å². The lowest BCUT2D eigenvalue weighted by molar-refractivity contribution is -0.870. The number of phosphoric acid groups is 1. The highest BCUT2D eigenvalue weighted by atomic mass is 31.2. The van der Waals surface area contributed by atoms with Gasteiger partial charge in [-0.2, -0.15) is 0 Å². The van der Waals surface area contributed by atoms with Gasteiger partial charge in [0.2, 0.25) is 5.91 Å². The number of hydrogen-bond acceptors (Lipinski definition) is 6. The fourth-order valence-corrected chi connectivity index (χ4v) is 13.1. The standard InChI is InChI=1S/C82H157N2O6P/c1-6-8-10-12-14-16-18-20-22-24-26-28-30-32-34-36-37-38-39-40-41-42-43-44-45-46-47-48-50-52-54-56-58-60-62-64-66-68-70-72-74-76-82(86)83-80(79-90-91(87,88)89-78-77-84(3,4)5)81(85)75-73-71-69-67-65-63-61-59-57-55-53-51-49-35-33-31-29-27-25-23-21-19-17-15-13-11-9-7-2/h8,10,14,16,20,22,26,28,32,34,80-81,85H,6-7,9,11-13,15,17-19,21,23-25,27,29-31,33,35-79H2,1-5H3,(H-,83,86,87,88)/b10-8-,16-14-,22-20-,28-26-,34-32-. The lowest BCUT2D eigenvalue weighted by Gasteiger charge is -2.30. The SMILES string of the molecule is CC/C=C\C/C=C\C/C=C\C/C=C\C/C=C\CCCCCCCCCCCCCCCCCCCCCCCCCCCC(=O)NC(COP(=O)([O-])OCC[N+](C)(C)C)C(O)CCCCCCCCCCCCCCCCCCCCCCCCCCCCCC. The predicted octanol–water partition coefficient (Wildman–Crippen LogP) is 25.7. The highest BCUT2D eigenvalue weighted by Gasteiger charge is 2.24. The van der Waals surface area contributed by atoms with Crippen LogP contribution in [0.5, 0.6) is 0 Å². The molecular weight excluding hydrogens is 1140 g/mol. The number of amides is 1. The van der Waals surface area contributed by atoms with E-state index in [0.29, 0.717) is 23.9 Å². The molecule has 91 heavy (non-hydrogen) atoms. The van der Waals surface area contributed by atoms with E-state index in [9.17, 15) is 19.4 Å². The molecule has 0 fully saturated rings. The highest BCUT2D eigenvalue weighted by molar-refractivity contribution is 7.45. The summed E-state index contributed by atoms with van der Waals surface area (Å²) in [5, 5.41) is 14.1. The predicted molar refractivity (Wildman–Crippen MR) is 399 cm³/mol. The van der Waals surface area contributed by atoms with Crippen molar-refractivity contribution in [2.75, 3.05) is 40.9 Å². The number of nitrogens with one attached hydrogen (secondary N) is 1. The summed E-state index contributed by atoms with van der Waals surface area (Å²) in [6.07, 6.45) is 101. The van der Waals surface area contributed by atoms with Crippen molar-refractivity contribution in [3.05, 3.63) is 60.8 Å². The summed E-state index contributed by atoms with van der Waals surface area (Å²) in [6, 6.07) is -0.802. The van der Waals surface area contributed by atoms with Crippen LogP contribution in [0.25, 0.3) is 0 Å². The van der Waals surface area contributed by atoms with Crippen molar-refractivity contribution in [3.8, 4) is 0 Å². The van der Waals surface area contributed by atoms with Gasteiger partial charge in [-0.15, -0.1) is 0 Å². The van der Waals surface area contributed by atoms with Gasteiger partial charge in [-0.05, 0) is 57.8 Å². The quantitative estimate of drug-likeness (QED) is 0.0272. The maximum Gasteiger partial charge on any atom is 0.268 e. The minimum atomic E-state index is -4.58. The summed E-state index contributed by atoms with van der Waals surface area (Å²) in [5.74, 6) is -0.156. The van der Waals surface area contributed by atoms with Crippen LogP contribution in [0.1, 0.15) is 406 Å². The van der Waals surface area contributed by atoms with E-state index in [2.05, 4.69) is 79.9 Å². The summed E-state index contributed by atoms with van der Waals surface area (Å²) in [7, 11) is 1.33. The van der Waals surface area contributed by atoms with Crippen molar-refractivity contribution in [2.45, 2.75) is 418 Å². The first-order valence-electron chi connectivity index (χ1n) is 40.1. The number of likely N-dealkylation sites (N-methyl/N-ethyl adjacent to an activating group) is 1. The molecule has 536 valence electrons. The molecule has 0 rings (SSSR count). The molecule has 0 aliphatic carbocycles. The number of phosphoric ester groups is 1. The number of aliphatic hydroxyl groups is 1. The molecule has 0 radical (unpaired) electrons. The zero-order valence-electron chi connectivity index (χ0n) is 61.6. The van der Waals surface area contributed by atoms with E-state index in [0.717, 1.165) is 70.6 Å². The number of carbonyl (C=O) groups is 1. The molecule has 3 unspecified atom stereocenters. The Labute approximate surface area is 568 Å². The lowest BCUT2D eigenvalue weighted by atomic mass is 10.0. The Morgan fingerprint density at radius 2 is 0.670 bits per heavy atom. The topological polar surface area (TPSA) is 108 Å². The van der Waals surface area contributed by atoms with Crippen molar-refractivity contribution in [1.82, 2.24) is 5.32 Å². The van der Waals surface area contributed by atoms with Gasteiger partial charge in [-0.1, -0.05) is 402 Å². The number of allylic oxidation sites excluding steroid dienone is 10. The Kier molecular flexibility index (Phi) is 71.0. The van der Waals surface area contributed by atoms with Crippen molar-refractivity contribution in [1.29, 1.82) is 0 Å². The largest absolute Gasteiger partial charge is 0.756 e. The second-order valence-corrected chi connectivity index (χ2v) is 30.2. The highest BCUT2D eigenvalue weighted by Crippen LogP contribution is 2.38. The van der Waals surface area contributed by atoms with E-state index in [1.807, 2.05) is 21.1 Å². The third kappa shape index (κ3) is 75.4. The molecule has 1 amide bonds. The Morgan fingerprint density at radius 1 is 0.396 bits per heavy atom. The molecule has 0 aromatic carbocycles. The van der Waals surface area contributed by atoms with E-state index >= 15 is 0 Å². The molecule has 0 heterocycles. The van der Waals surface area contributed by atoms with Crippen LogP contribution in [0.15, 0.2) is 60.8 Å². The van der Waals surface area contributed by atoms with Crippen molar-refractivity contribution >= 4 is 13.7 Å². The number of hydrogen-bond donors (Lipinski definition) is 2. The minimum Gasteiger partial charge on any atom is -0.756 e. The van der Waals surface area contributed by atoms with Crippen LogP contribution >= 0.6 is 7.82 Å². The molecule has 0 aromatic heterocycles. The third-order valence-electron chi connectivity index (χ3n) is 18.5. The van der Waals surface area contributed by atoms with E-state index in [-0.39, 0.29) is 19.1 Å². The van der Waals surface area contributed by atoms with E-state index in [1.54, 1.807) is 0 Å². The zero-order chi connectivity index (χ0) is 66.2. The van der Waals surface area contributed by atoms with Gasteiger partial charge in [0.05, 0.1) is 39.9 Å². The van der Waals surface area contributed by atoms with Gasteiger partial charge in [0.25, 0.3) is 7.82 Å². The number of rotatable bonds is 75. The summed E-state index contributed by atoms with van der Waals surface area (Å²) in [6.45, 7) is 4.67. The zero-order valence-corrected chi connectivity index (χ0v) is 62.5. The molecule has 0 spiro atoms. The molecule has 0 aliphatic heterocycles. The summed E-state index contributed by atoms with van der Waals surface area (Å²) >= 11 is 0. The first-order valence-corrected chi connectivity index (χ1v) is 41.6. The number of carbonyl (C=O) groups excluding carboxylic acids is 1. The van der Waals surface area contributed by atoms with Crippen LogP contribution in [-0.2, 0) is 18.4 Å². The monoisotopic (exact) mass is 1300 g/mol. The molecule has 3 atom stereocenters. The Bertz CT molecular complexity index is 1670. The normalized spacial score (nSPS) is 13.8. The Morgan fingerprint density at radius 3 is 0.978 bits per heavy atom. The maximum absolute atomic E-state index is 13.1. The number of quaternary nitrogens is 1. The van der Waals surface area contributed by atoms with Gasteiger partial charge in [-0.3, -0.25) is 9.36 Å². The molecule has 2 N–H and O–H groups in total. The third-order valence-corrected chi connectivity index (χ3v) is 19.5. The Hall–Kier alpha value is -1.80. The second-order valence-electron chi connectivity index (χ2n) is 28.8. The minimum absolute atomic E-state index is 0.0143. The van der Waals surface area contributed by atoms with E-state index in [1.165, 1.54) is 308 Å². The van der Waals surface area contributed by atoms with E-state index < -0.39 is 20.0 Å². The van der Waals surface area contributed by atoms with Crippen LogP contribution in [0, 0.1) is 0 Å². The fraction of sp³-hybridized carbons (Fsp3) is 0.866. The molecule has 0 aliphatic rings. The fourth-order valence-electron chi connectivity index (χ4n) is 12.4. The van der Waals surface area contributed by atoms with Gasteiger partial charge in [0, 0.05) is 6.42 Å². The molecule has 8 nitrogen and oxygen atoms in total. The first-order chi connectivity index (χ1) is 44.5. The van der Waals surface area contributed by atoms with Crippen LogP contribution in [0.2, 0.25) is 0 Å². The molecule has 0 saturated heterocycles. The number of nitrogens with zero attached hydrogens (tertiary/aromatic N) is 1. The van der Waals surface area contributed by atoms with Gasteiger partial charge < -0.3 is 28.8 Å². The molecule has 0 aromatic rings. The first kappa shape index (κ1) is 89.2. The Balaban J connectivity index is 3.89. The lowest BCUT2D eigenvalue weighted by Crippen LogP contribution is -2.46. The summed E-state index contributed by atoms with van der Waals surface area (Å²) in [4.78, 5) is 25.7. The average molecular weight is 1300 g/mol. The molecule has 0 saturated carbocycles. The van der Waals surface area contributed by atoms with Crippen molar-refractivity contribution < 1.29 is 32.9 Å². The average Bonchev–Trinajstić information content (AvgIpc) is 3.59. The van der Waals surface area contributed by atoms with Crippen LogP contribution in [0.4, 0.5) is 0 Å². The number of unbranched alkanes of at least 4 members (excludes halogenated alkanes) is 52. The summed E-state index contributed by atoms with van der Waals surface area (Å²) < 4.78 is 23.6. The smallest absolute Gasteiger partial charge is 0.268 e. The second kappa shape index (κ2) is 72.5. The van der Waals surface area contributed by atoms with Crippen molar-refractivity contribution in [3.63, 3.8) is 0 Å². The maximum atomic E-state index is 13.1. The van der Waals surface area contributed by atoms with Crippen LogP contribution in [0.3, 0.4) is 0 Å². The molecule has 0 bridgehead atoms.